The first kappa shape index (κ1) is 13.3. The average molecular weight is 204 g/mol. The summed E-state index contributed by atoms with van der Waals surface area (Å²) < 4.78 is 0. The molecule has 1 N–H and O–H groups in total. The van der Waals surface area contributed by atoms with Crippen LogP contribution in [0.4, 0.5) is 0 Å². The van der Waals surface area contributed by atoms with E-state index >= 15 is 0 Å². The highest BCUT2D eigenvalue weighted by molar-refractivity contribution is 7.99. The van der Waals surface area contributed by atoms with Crippen molar-refractivity contribution in [3.8, 4) is 0 Å². The van der Waals surface area contributed by atoms with E-state index in [1.165, 1.54) is 18.7 Å². The first-order chi connectivity index (χ1) is 6.06. The van der Waals surface area contributed by atoms with E-state index in [0.29, 0.717) is 6.04 Å². The van der Waals surface area contributed by atoms with Crippen LogP contribution < -0.4 is 5.32 Å². The summed E-state index contributed by atoms with van der Waals surface area (Å²) in [5.41, 5.74) is 0. The van der Waals surface area contributed by atoms with Gasteiger partial charge in [-0.3, -0.25) is 0 Å². The Bertz CT molecular complexity index is 117. The molecule has 0 aliphatic carbocycles. The molecule has 0 heterocycles. The van der Waals surface area contributed by atoms with Gasteiger partial charge in [-0.1, -0.05) is 6.92 Å². The molecule has 3 heteroatoms. The SMILES string of the molecule is CNC(C)CC(C)SCCN(C)C. The third-order valence-electron chi connectivity index (χ3n) is 2.12. The third kappa shape index (κ3) is 8.60. The van der Waals surface area contributed by atoms with Crippen LogP contribution in [0.15, 0.2) is 0 Å². The highest BCUT2D eigenvalue weighted by atomic mass is 32.2. The molecule has 2 atom stereocenters. The van der Waals surface area contributed by atoms with Gasteiger partial charge in [-0.05, 0) is 34.5 Å². The van der Waals surface area contributed by atoms with Crippen LogP contribution in [0.2, 0.25) is 0 Å². The first-order valence-electron chi connectivity index (χ1n) is 4.99. The fourth-order valence-electron chi connectivity index (χ4n) is 1.12. The summed E-state index contributed by atoms with van der Waals surface area (Å²) >= 11 is 2.07. The normalized spacial score (nSPS) is 16.2. The number of nitrogens with one attached hydrogen (secondary N) is 1. The number of hydrogen-bond acceptors (Lipinski definition) is 3. The maximum Gasteiger partial charge on any atom is 0.00663 e. The van der Waals surface area contributed by atoms with E-state index in [9.17, 15) is 0 Å². The van der Waals surface area contributed by atoms with E-state index in [-0.39, 0.29) is 0 Å². The lowest BCUT2D eigenvalue weighted by Gasteiger charge is -2.17. The molecule has 0 saturated carbocycles. The Hall–Kier alpha value is 0.270. The van der Waals surface area contributed by atoms with E-state index in [4.69, 9.17) is 0 Å². The summed E-state index contributed by atoms with van der Waals surface area (Å²) in [6, 6.07) is 0.641. The second-order valence-corrected chi connectivity index (χ2v) is 5.46. The minimum atomic E-state index is 0.641. The predicted octanol–water partition coefficient (Wildman–Crippen LogP) is 1.67. The third-order valence-corrected chi connectivity index (χ3v) is 3.30. The Morgan fingerprint density at radius 2 is 1.92 bits per heavy atom. The first-order valence-corrected chi connectivity index (χ1v) is 6.04. The topological polar surface area (TPSA) is 15.3 Å². The highest BCUT2D eigenvalue weighted by Gasteiger charge is 2.06. The predicted molar refractivity (Wildman–Crippen MR) is 63.6 cm³/mol. The van der Waals surface area contributed by atoms with Crippen molar-refractivity contribution in [2.24, 2.45) is 0 Å². The van der Waals surface area contributed by atoms with Crippen molar-refractivity contribution < 1.29 is 0 Å². The summed E-state index contributed by atoms with van der Waals surface area (Å²) in [4.78, 5) is 2.24. The van der Waals surface area contributed by atoms with Crippen molar-refractivity contribution in [3.63, 3.8) is 0 Å². The lowest BCUT2D eigenvalue weighted by Crippen LogP contribution is -2.25. The zero-order valence-electron chi connectivity index (χ0n) is 9.63. The van der Waals surface area contributed by atoms with Crippen LogP contribution in [0, 0.1) is 0 Å². The van der Waals surface area contributed by atoms with Crippen molar-refractivity contribution in [2.75, 3.05) is 33.4 Å². The zero-order valence-corrected chi connectivity index (χ0v) is 10.4. The van der Waals surface area contributed by atoms with Gasteiger partial charge in [0, 0.05) is 23.6 Å². The lowest BCUT2D eigenvalue weighted by atomic mass is 10.2. The maximum atomic E-state index is 3.27. The van der Waals surface area contributed by atoms with Crippen LogP contribution in [0.1, 0.15) is 20.3 Å². The molecular weight excluding hydrogens is 180 g/mol. The lowest BCUT2D eigenvalue weighted by molar-refractivity contribution is 0.437. The van der Waals surface area contributed by atoms with Gasteiger partial charge < -0.3 is 10.2 Å². The van der Waals surface area contributed by atoms with Gasteiger partial charge in [0.15, 0.2) is 0 Å². The Kier molecular flexibility index (Phi) is 7.81. The van der Waals surface area contributed by atoms with Crippen molar-refractivity contribution in [2.45, 2.75) is 31.6 Å². The van der Waals surface area contributed by atoms with E-state index in [0.717, 1.165) is 5.25 Å². The van der Waals surface area contributed by atoms with Crippen molar-refractivity contribution >= 4 is 11.8 Å². The van der Waals surface area contributed by atoms with Gasteiger partial charge in [-0.2, -0.15) is 11.8 Å². The number of thioether (sulfide) groups is 1. The summed E-state index contributed by atoms with van der Waals surface area (Å²) in [5.74, 6) is 1.24. The molecule has 0 amide bonds. The van der Waals surface area contributed by atoms with Gasteiger partial charge in [0.1, 0.15) is 0 Å². The summed E-state index contributed by atoms with van der Waals surface area (Å²) in [5, 5.41) is 4.04. The molecule has 0 aliphatic rings. The summed E-state index contributed by atoms with van der Waals surface area (Å²) in [7, 11) is 6.28. The number of nitrogens with zero attached hydrogens (tertiary/aromatic N) is 1. The van der Waals surface area contributed by atoms with Crippen LogP contribution in [0.5, 0.6) is 0 Å². The summed E-state index contributed by atoms with van der Waals surface area (Å²) in [6.07, 6.45) is 1.26. The molecule has 2 nitrogen and oxygen atoms in total. The molecular formula is C10H24N2S. The Labute approximate surface area is 87.5 Å². The van der Waals surface area contributed by atoms with Crippen LogP contribution in [0.3, 0.4) is 0 Å². The summed E-state index contributed by atoms with van der Waals surface area (Å²) in [6.45, 7) is 5.74. The Morgan fingerprint density at radius 1 is 1.31 bits per heavy atom. The molecule has 0 aromatic rings. The van der Waals surface area contributed by atoms with Crippen LogP contribution in [0.25, 0.3) is 0 Å². The molecule has 0 fully saturated rings. The van der Waals surface area contributed by atoms with E-state index in [1.54, 1.807) is 0 Å². The molecule has 0 spiro atoms. The van der Waals surface area contributed by atoms with Crippen LogP contribution >= 0.6 is 11.8 Å². The fourth-order valence-corrected chi connectivity index (χ4v) is 2.42. The second-order valence-electron chi connectivity index (χ2n) is 3.91. The standard InChI is InChI=1S/C10H24N2S/c1-9(11-3)8-10(2)13-7-6-12(4)5/h9-11H,6-8H2,1-5H3. The average Bonchev–Trinajstić information content (AvgIpc) is 2.03. The van der Waals surface area contributed by atoms with E-state index in [1.807, 2.05) is 7.05 Å². The molecule has 0 aliphatic heterocycles. The molecule has 2 unspecified atom stereocenters. The Balaban J connectivity index is 3.34. The van der Waals surface area contributed by atoms with Gasteiger partial charge >= 0.3 is 0 Å². The molecule has 80 valence electrons. The minimum absolute atomic E-state index is 0.641. The van der Waals surface area contributed by atoms with Gasteiger partial charge in [0.05, 0.1) is 0 Å². The van der Waals surface area contributed by atoms with Gasteiger partial charge in [-0.25, -0.2) is 0 Å². The molecule has 0 aromatic heterocycles. The van der Waals surface area contributed by atoms with E-state index < -0.39 is 0 Å². The van der Waals surface area contributed by atoms with Gasteiger partial charge in [0.2, 0.25) is 0 Å². The van der Waals surface area contributed by atoms with Gasteiger partial charge in [-0.15, -0.1) is 0 Å². The highest BCUT2D eigenvalue weighted by Crippen LogP contribution is 2.15. The second kappa shape index (κ2) is 7.65. The maximum absolute atomic E-state index is 3.27. The molecule has 0 radical (unpaired) electrons. The molecule has 13 heavy (non-hydrogen) atoms. The monoisotopic (exact) mass is 204 g/mol. The number of rotatable bonds is 7. The number of hydrogen-bond donors (Lipinski definition) is 1. The minimum Gasteiger partial charge on any atom is -0.317 e. The largest absolute Gasteiger partial charge is 0.317 e. The van der Waals surface area contributed by atoms with E-state index in [2.05, 4.69) is 49.9 Å². The zero-order chi connectivity index (χ0) is 10.3. The van der Waals surface area contributed by atoms with Crippen molar-refractivity contribution in [1.29, 1.82) is 0 Å². The Morgan fingerprint density at radius 3 is 2.38 bits per heavy atom. The fraction of sp³-hybridized carbons (Fsp3) is 1.00. The molecule has 0 saturated heterocycles. The molecule has 0 aromatic carbocycles. The molecule has 0 bridgehead atoms. The van der Waals surface area contributed by atoms with Crippen LogP contribution in [-0.2, 0) is 0 Å². The van der Waals surface area contributed by atoms with Crippen molar-refractivity contribution in [1.82, 2.24) is 10.2 Å². The quantitative estimate of drug-likeness (QED) is 0.679. The molecule has 0 rings (SSSR count). The van der Waals surface area contributed by atoms with Crippen LogP contribution in [-0.4, -0.2) is 49.6 Å². The van der Waals surface area contributed by atoms with Crippen molar-refractivity contribution in [3.05, 3.63) is 0 Å². The van der Waals surface area contributed by atoms with Gasteiger partial charge in [0.25, 0.3) is 0 Å². The smallest absolute Gasteiger partial charge is 0.00663 e.